The van der Waals surface area contributed by atoms with Crippen LogP contribution in [0.5, 0.6) is 0 Å². The van der Waals surface area contributed by atoms with Crippen molar-refractivity contribution in [3.05, 3.63) is 60.7 Å². The van der Waals surface area contributed by atoms with Crippen LogP contribution in [-0.2, 0) is 0 Å². The summed E-state index contributed by atoms with van der Waals surface area (Å²) in [6, 6.07) is 14.1. The first-order chi connectivity index (χ1) is 7.33. The van der Waals surface area contributed by atoms with Crippen LogP contribution in [0.2, 0.25) is 0 Å². The van der Waals surface area contributed by atoms with Gasteiger partial charge in [0.1, 0.15) is 0 Å². The number of hydrogen-bond donors (Lipinski definition) is 1. The zero-order valence-corrected chi connectivity index (χ0v) is 8.56. The highest BCUT2D eigenvalue weighted by molar-refractivity contribution is 5.85. The number of aliphatic hydroxyl groups is 1. The molecule has 2 aromatic carbocycles. The standard InChI is InChI=1S/C14H14O/c1-2-6-14(15)13-10-5-8-11-7-3-4-9-12(11)13/h2-5,7-10,14-15H,1,6H2. The second-order valence-corrected chi connectivity index (χ2v) is 3.61. The second kappa shape index (κ2) is 4.28. The van der Waals surface area contributed by atoms with E-state index in [2.05, 4.69) is 18.7 Å². The molecule has 0 aliphatic carbocycles. The first-order valence-electron chi connectivity index (χ1n) is 5.09. The number of hydrogen-bond acceptors (Lipinski definition) is 1. The van der Waals surface area contributed by atoms with Crippen molar-refractivity contribution in [2.45, 2.75) is 12.5 Å². The Balaban J connectivity index is 2.55. The third-order valence-electron chi connectivity index (χ3n) is 2.57. The molecule has 0 bridgehead atoms. The van der Waals surface area contributed by atoms with Gasteiger partial charge in [0.25, 0.3) is 0 Å². The summed E-state index contributed by atoms with van der Waals surface area (Å²) in [6.45, 7) is 3.65. The quantitative estimate of drug-likeness (QED) is 0.749. The minimum Gasteiger partial charge on any atom is -0.388 e. The molecule has 0 amide bonds. The van der Waals surface area contributed by atoms with E-state index >= 15 is 0 Å². The molecule has 0 radical (unpaired) electrons. The van der Waals surface area contributed by atoms with Gasteiger partial charge in [-0.3, -0.25) is 0 Å². The fourth-order valence-electron chi connectivity index (χ4n) is 1.83. The van der Waals surface area contributed by atoms with Crippen LogP contribution in [0.25, 0.3) is 10.8 Å². The summed E-state index contributed by atoms with van der Waals surface area (Å²) in [5.74, 6) is 0. The Labute approximate surface area is 89.7 Å². The highest BCUT2D eigenvalue weighted by Gasteiger charge is 2.08. The van der Waals surface area contributed by atoms with E-state index in [-0.39, 0.29) is 0 Å². The fourth-order valence-corrected chi connectivity index (χ4v) is 1.83. The van der Waals surface area contributed by atoms with Crippen LogP contribution in [0.15, 0.2) is 55.1 Å². The maximum Gasteiger partial charge on any atom is 0.0830 e. The molecule has 0 spiro atoms. The van der Waals surface area contributed by atoms with Crippen molar-refractivity contribution < 1.29 is 5.11 Å². The van der Waals surface area contributed by atoms with Crippen LogP contribution in [0.4, 0.5) is 0 Å². The molecule has 0 aliphatic heterocycles. The molecule has 1 atom stereocenters. The van der Waals surface area contributed by atoms with E-state index in [9.17, 15) is 5.11 Å². The SMILES string of the molecule is C=CCC(O)c1cccc2ccccc12. The van der Waals surface area contributed by atoms with Crippen molar-refractivity contribution in [3.63, 3.8) is 0 Å². The first kappa shape index (κ1) is 9.94. The number of rotatable bonds is 3. The van der Waals surface area contributed by atoms with Crippen LogP contribution < -0.4 is 0 Å². The molecule has 0 heterocycles. The highest BCUT2D eigenvalue weighted by atomic mass is 16.3. The molecule has 2 rings (SSSR count). The summed E-state index contributed by atoms with van der Waals surface area (Å²) >= 11 is 0. The van der Waals surface area contributed by atoms with E-state index in [1.54, 1.807) is 6.08 Å². The van der Waals surface area contributed by atoms with Gasteiger partial charge in [-0.15, -0.1) is 6.58 Å². The molecule has 0 aliphatic rings. The van der Waals surface area contributed by atoms with Gasteiger partial charge in [-0.05, 0) is 22.8 Å². The molecule has 0 saturated heterocycles. The lowest BCUT2D eigenvalue weighted by Gasteiger charge is -2.11. The molecule has 0 fully saturated rings. The molecule has 1 nitrogen and oxygen atoms in total. The van der Waals surface area contributed by atoms with E-state index in [1.165, 1.54) is 0 Å². The third-order valence-corrected chi connectivity index (χ3v) is 2.57. The Morgan fingerprint density at radius 3 is 2.67 bits per heavy atom. The monoisotopic (exact) mass is 198 g/mol. The van der Waals surface area contributed by atoms with Crippen molar-refractivity contribution in [1.29, 1.82) is 0 Å². The molecule has 2 aromatic rings. The predicted octanol–water partition coefficient (Wildman–Crippen LogP) is 3.45. The van der Waals surface area contributed by atoms with Crippen LogP contribution in [0, 0.1) is 0 Å². The number of benzene rings is 2. The van der Waals surface area contributed by atoms with Gasteiger partial charge in [0.05, 0.1) is 6.10 Å². The molecule has 1 N–H and O–H groups in total. The van der Waals surface area contributed by atoms with Gasteiger partial charge >= 0.3 is 0 Å². The lowest BCUT2D eigenvalue weighted by atomic mass is 9.99. The van der Waals surface area contributed by atoms with Gasteiger partial charge in [-0.1, -0.05) is 48.5 Å². The zero-order valence-electron chi connectivity index (χ0n) is 8.56. The fraction of sp³-hybridized carbons (Fsp3) is 0.143. The van der Waals surface area contributed by atoms with Crippen LogP contribution >= 0.6 is 0 Å². The Morgan fingerprint density at radius 1 is 1.13 bits per heavy atom. The average Bonchev–Trinajstić information content (AvgIpc) is 2.28. The lowest BCUT2D eigenvalue weighted by Crippen LogP contribution is -1.96. The smallest absolute Gasteiger partial charge is 0.0830 e. The molecule has 1 unspecified atom stereocenters. The van der Waals surface area contributed by atoms with Crippen molar-refractivity contribution in [1.82, 2.24) is 0 Å². The number of aliphatic hydroxyl groups excluding tert-OH is 1. The summed E-state index contributed by atoms with van der Waals surface area (Å²) in [4.78, 5) is 0. The minimum absolute atomic E-state index is 0.450. The lowest BCUT2D eigenvalue weighted by molar-refractivity contribution is 0.183. The molecule has 1 heteroatoms. The van der Waals surface area contributed by atoms with Gasteiger partial charge in [0, 0.05) is 0 Å². The third kappa shape index (κ3) is 1.92. The summed E-state index contributed by atoms with van der Waals surface area (Å²) in [5.41, 5.74) is 0.980. The predicted molar refractivity (Wildman–Crippen MR) is 63.7 cm³/mol. The van der Waals surface area contributed by atoms with E-state index < -0.39 is 6.10 Å². The summed E-state index contributed by atoms with van der Waals surface area (Å²) in [6.07, 6.45) is 1.88. The Morgan fingerprint density at radius 2 is 1.87 bits per heavy atom. The second-order valence-electron chi connectivity index (χ2n) is 3.61. The highest BCUT2D eigenvalue weighted by Crippen LogP contribution is 2.25. The Bertz CT molecular complexity index is 468. The molecular weight excluding hydrogens is 184 g/mol. The summed E-state index contributed by atoms with van der Waals surface area (Å²) in [5, 5.41) is 12.2. The van der Waals surface area contributed by atoms with Gasteiger partial charge < -0.3 is 5.11 Å². The van der Waals surface area contributed by atoms with Gasteiger partial charge in [-0.2, -0.15) is 0 Å². The van der Waals surface area contributed by atoms with E-state index in [1.807, 2.05) is 30.3 Å². The van der Waals surface area contributed by atoms with Gasteiger partial charge in [0.15, 0.2) is 0 Å². The molecular formula is C14H14O. The topological polar surface area (TPSA) is 20.2 Å². The average molecular weight is 198 g/mol. The molecule has 0 aromatic heterocycles. The van der Waals surface area contributed by atoms with E-state index in [0.717, 1.165) is 16.3 Å². The normalized spacial score (nSPS) is 12.6. The van der Waals surface area contributed by atoms with Crippen molar-refractivity contribution >= 4 is 10.8 Å². The van der Waals surface area contributed by atoms with E-state index in [4.69, 9.17) is 0 Å². The van der Waals surface area contributed by atoms with Gasteiger partial charge in [-0.25, -0.2) is 0 Å². The van der Waals surface area contributed by atoms with Crippen LogP contribution in [-0.4, -0.2) is 5.11 Å². The maximum atomic E-state index is 9.95. The first-order valence-corrected chi connectivity index (χ1v) is 5.09. The molecule has 15 heavy (non-hydrogen) atoms. The van der Waals surface area contributed by atoms with Crippen LogP contribution in [0.3, 0.4) is 0 Å². The zero-order chi connectivity index (χ0) is 10.7. The van der Waals surface area contributed by atoms with Crippen molar-refractivity contribution in [2.24, 2.45) is 0 Å². The molecule has 0 saturated carbocycles. The maximum absolute atomic E-state index is 9.95. The Hall–Kier alpha value is -1.60. The Kier molecular flexibility index (Phi) is 2.84. The van der Waals surface area contributed by atoms with Crippen molar-refractivity contribution in [2.75, 3.05) is 0 Å². The molecule has 76 valence electrons. The summed E-state index contributed by atoms with van der Waals surface area (Å²) in [7, 11) is 0. The van der Waals surface area contributed by atoms with E-state index in [0.29, 0.717) is 6.42 Å². The minimum atomic E-state index is -0.450. The van der Waals surface area contributed by atoms with Crippen LogP contribution in [0.1, 0.15) is 18.1 Å². The number of fused-ring (bicyclic) bond motifs is 1. The largest absolute Gasteiger partial charge is 0.388 e. The van der Waals surface area contributed by atoms with Gasteiger partial charge in [0.2, 0.25) is 0 Å². The van der Waals surface area contributed by atoms with Crippen molar-refractivity contribution in [3.8, 4) is 0 Å². The summed E-state index contributed by atoms with van der Waals surface area (Å²) < 4.78 is 0.